The maximum atomic E-state index is 12.3. The Kier molecular flexibility index (Phi) is 6.37. The van der Waals surface area contributed by atoms with Gasteiger partial charge in [-0.15, -0.1) is 0 Å². The van der Waals surface area contributed by atoms with Gasteiger partial charge in [0.05, 0.1) is 18.3 Å². The summed E-state index contributed by atoms with van der Waals surface area (Å²) in [6.45, 7) is 4.29. The molecule has 0 bridgehead atoms. The highest BCUT2D eigenvalue weighted by molar-refractivity contribution is 5.76. The van der Waals surface area contributed by atoms with Crippen molar-refractivity contribution >= 4 is 5.91 Å². The highest BCUT2D eigenvalue weighted by Gasteiger charge is 2.10. The maximum Gasteiger partial charge on any atom is 0.266 e. The number of benzene rings is 2. The van der Waals surface area contributed by atoms with Gasteiger partial charge in [0.25, 0.3) is 5.56 Å². The Bertz CT molecular complexity index is 979. The Labute approximate surface area is 165 Å². The summed E-state index contributed by atoms with van der Waals surface area (Å²) in [5.41, 5.74) is 3.76. The van der Waals surface area contributed by atoms with E-state index in [-0.39, 0.29) is 30.5 Å². The van der Waals surface area contributed by atoms with Crippen molar-refractivity contribution in [3.05, 3.63) is 88.2 Å². The van der Waals surface area contributed by atoms with E-state index < -0.39 is 0 Å². The van der Waals surface area contributed by atoms with Gasteiger partial charge in [-0.3, -0.25) is 9.59 Å². The fourth-order valence-corrected chi connectivity index (χ4v) is 3.02. The minimum atomic E-state index is -0.210. The number of nitrogens with zero attached hydrogens (tertiary/aromatic N) is 2. The molecule has 1 N–H and O–H groups in total. The number of amides is 1. The third kappa shape index (κ3) is 4.94. The van der Waals surface area contributed by atoms with E-state index in [1.54, 1.807) is 6.07 Å². The molecule has 144 valence electrons. The molecule has 3 rings (SSSR count). The molecule has 0 unspecified atom stereocenters. The van der Waals surface area contributed by atoms with E-state index in [1.807, 2.05) is 49.4 Å². The van der Waals surface area contributed by atoms with Crippen LogP contribution in [0.15, 0.2) is 71.5 Å². The first-order chi connectivity index (χ1) is 13.6. The van der Waals surface area contributed by atoms with E-state index in [9.17, 15) is 9.59 Å². The van der Waals surface area contributed by atoms with E-state index in [1.165, 1.54) is 16.3 Å². The first kappa shape index (κ1) is 19.5. The molecule has 0 spiro atoms. The third-order valence-corrected chi connectivity index (χ3v) is 4.75. The summed E-state index contributed by atoms with van der Waals surface area (Å²) in [5.74, 6) is -0.109. The van der Waals surface area contributed by atoms with Gasteiger partial charge in [0, 0.05) is 18.1 Å². The Hall–Kier alpha value is -3.21. The largest absolute Gasteiger partial charge is 0.350 e. The molecule has 28 heavy (non-hydrogen) atoms. The lowest BCUT2D eigenvalue weighted by Gasteiger charge is -2.14. The lowest BCUT2D eigenvalue weighted by molar-refractivity contribution is -0.122. The molecule has 3 aromatic rings. The summed E-state index contributed by atoms with van der Waals surface area (Å²) in [5, 5.41) is 7.39. The van der Waals surface area contributed by atoms with Crippen molar-refractivity contribution in [2.24, 2.45) is 0 Å². The van der Waals surface area contributed by atoms with E-state index in [0.29, 0.717) is 0 Å². The van der Waals surface area contributed by atoms with E-state index >= 15 is 0 Å². The van der Waals surface area contributed by atoms with Crippen molar-refractivity contribution < 1.29 is 4.79 Å². The van der Waals surface area contributed by atoms with Gasteiger partial charge in [0.15, 0.2) is 0 Å². The van der Waals surface area contributed by atoms with E-state index in [4.69, 9.17) is 0 Å². The second-order valence-electron chi connectivity index (χ2n) is 6.78. The third-order valence-electron chi connectivity index (χ3n) is 4.75. The molecular weight excluding hydrogens is 350 g/mol. The van der Waals surface area contributed by atoms with Crippen molar-refractivity contribution in [1.82, 2.24) is 15.1 Å². The normalized spacial score (nSPS) is 11.8. The van der Waals surface area contributed by atoms with Crippen LogP contribution in [0.3, 0.4) is 0 Å². The molecule has 0 aliphatic heterocycles. The fourth-order valence-electron chi connectivity index (χ4n) is 3.02. The second kappa shape index (κ2) is 9.13. The number of hydrogen-bond acceptors (Lipinski definition) is 3. The summed E-state index contributed by atoms with van der Waals surface area (Å²) in [6, 6.07) is 21.1. The number of nitrogens with one attached hydrogen (secondary N) is 1. The molecule has 1 aromatic heterocycles. The molecule has 1 heterocycles. The zero-order valence-electron chi connectivity index (χ0n) is 16.3. The molecule has 0 radical (unpaired) electrons. The van der Waals surface area contributed by atoms with E-state index in [0.717, 1.165) is 23.2 Å². The maximum absolute atomic E-state index is 12.3. The topological polar surface area (TPSA) is 64.0 Å². The zero-order chi connectivity index (χ0) is 19.9. The average molecular weight is 375 g/mol. The van der Waals surface area contributed by atoms with Crippen LogP contribution in [0.5, 0.6) is 0 Å². The monoisotopic (exact) mass is 375 g/mol. The van der Waals surface area contributed by atoms with Crippen molar-refractivity contribution in [2.45, 2.75) is 39.3 Å². The van der Waals surface area contributed by atoms with Gasteiger partial charge in [-0.2, -0.15) is 5.10 Å². The summed E-state index contributed by atoms with van der Waals surface area (Å²) in [6.07, 6.45) is 1.17. The Morgan fingerprint density at radius 3 is 2.43 bits per heavy atom. The lowest BCUT2D eigenvalue weighted by Crippen LogP contribution is -2.30. The fraction of sp³-hybridized carbons (Fsp3) is 0.261. The number of aryl methyl sites for hydroxylation is 2. The van der Waals surface area contributed by atoms with Crippen molar-refractivity contribution in [2.75, 3.05) is 0 Å². The number of carbonyl (C=O) groups is 1. The summed E-state index contributed by atoms with van der Waals surface area (Å²) in [7, 11) is 0. The van der Waals surface area contributed by atoms with Gasteiger partial charge in [0.1, 0.15) is 0 Å². The van der Waals surface area contributed by atoms with Gasteiger partial charge in [-0.1, -0.05) is 61.5 Å². The average Bonchev–Trinajstić information content (AvgIpc) is 2.74. The van der Waals surface area contributed by atoms with Gasteiger partial charge in [-0.25, -0.2) is 4.68 Å². The Balaban J connectivity index is 1.65. The number of carbonyl (C=O) groups excluding carboxylic acids is 1. The summed E-state index contributed by atoms with van der Waals surface area (Å²) < 4.78 is 1.36. The van der Waals surface area contributed by atoms with Gasteiger partial charge in [-0.05, 0) is 30.5 Å². The Morgan fingerprint density at radius 1 is 1.04 bits per heavy atom. The molecule has 0 aliphatic rings. The van der Waals surface area contributed by atoms with Crippen LogP contribution in [0, 0.1) is 0 Å². The predicted molar refractivity (Wildman–Crippen MR) is 111 cm³/mol. The van der Waals surface area contributed by atoms with E-state index in [2.05, 4.69) is 29.5 Å². The lowest BCUT2D eigenvalue weighted by atomic mass is 10.1. The van der Waals surface area contributed by atoms with Crippen LogP contribution in [0.4, 0.5) is 0 Å². The van der Waals surface area contributed by atoms with Gasteiger partial charge in [0.2, 0.25) is 5.91 Å². The van der Waals surface area contributed by atoms with Crippen molar-refractivity contribution in [1.29, 1.82) is 0 Å². The zero-order valence-corrected chi connectivity index (χ0v) is 16.3. The second-order valence-corrected chi connectivity index (χ2v) is 6.78. The molecular formula is C23H25N3O2. The van der Waals surface area contributed by atoms with Crippen LogP contribution in [0.1, 0.15) is 37.4 Å². The first-order valence-corrected chi connectivity index (χ1v) is 9.58. The van der Waals surface area contributed by atoms with Crippen LogP contribution in [-0.2, 0) is 17.8 Å². The van der Waals surface area contributed by atoms with Gasteiger partial charge < -0.3 is 5.32 Å². The minimum Gasteiger partial charge on any atom is -0.350 e. The predicted octanol–water partition coefficient (Wildman–Crippen LogP) is 3.74. The molecule has 2 aromatic carbocycles. The quantitative estimate of drug-likeness (QED) is 0.684. The molecule has 5 nitrogen and oxygen atoms in total. The van der Waals surface area contributed by atoms with Crippen LogP contribution >= 0.6 is 0 Å². The van der Waals surface area contributed by atoms with Crippen molar-refractivity contribution in [3.63, 3.8) is 0 Å². The number of rotatable bonds is 7. The summed E-state index contributed by atoms with van der Waals surface area (Å²) >= 11 is 0. The molecule has 0 aliphatic carbocycles. The standard InChI is InChI=1S/C23H25N3O2/c1-3-18-9-11-20(12-10-18)21-13-14-23(28)26(25-21)16-15-22(27)24-17(2)19-7-5-4-6-8-19/h4-14,17H,3,15-16H2,1-2H3,(H,24,27)/t17-/m1/s1. The van der Waals surface area contributed by atoms with Crippen LogP contribution in [0.25, 0.3) is 11.3 Å². The molecule has 5 heteroatoms. The molecule has 0 saturated heterocycles. The van der Waals surface area contributed by atoms with Crippen LogP contribution in [0.2, 0.25) is 0 Å². The SMILES string of the molecule is CCc1ccc(-c2ccc(=O)n(CCC(=O)N[C@H](C)c3ccccc3)n2)cc1. The van der Waals surface area contributed by atoms with Crippen LogP contribution in [-0.4, -0.2) is 15.7 Å². The molecule has 1 atom stereocenters. The van der Waals surface area contributed by atoms with Crippen molar-refractivity contribution in [3.8, 4) is 11.3 Å². The Morgan fingerprint density at radius 2 is 1.75 bits per heavy atom. The minimum absolute atomic E-state index is 0.0817. The highest BCUT2D eigenvalue weighted by atomic mass is 16.2. The molecule has 0 saturated carbocycles. The summed E-state index contributed by atoms with van der Waals surface area (Å²) in [4.78, 5) is 24.4. The number of aromatic nitrogens is 2. The number of hydrogen-bond donors (Lipinski definition) is 1. The van der Waals surface area contributed by atoms with Gasteiger partial charge >= 0.3 is 0 Å². The molecule has 1 amide bonds. The van der Waals surface area contributed by atoms with Crippen LogP contribution < -0.4 is 10.9 Å². The first-order valence-electron chi connectivity index (χ1n) is 9.58. The highest BCUT2D eigenvalue weighted by Crippen LogP contribution is 2.16. The molecule has 0 fully saturated rings. The smallest absolute Gasteiger partial charge is 0.266 e.